The molecule has 0 amide bonds. The van der Waals surface area contributed by atoms with E-state index in [0.717, 1.165) is 30.7 Å². The van der Waals surface area contributed by atoms with Gasteiger partial charge in [-0.05, 0) is 18.2 Å². The summed E-state index contributed by atoms with van der Waals surface area (Å²) < 4.78 is 1.12. The van der Waals surface area contributed by atoms with Crippen molar-refractivity contribution in [3.05, 3.63) is 28.7 Å². The minimum absolute atomic E-state index is 1.01. The number of hydrogen-bond donors (Lipinski definition) is 2. The summed E-state index contributed by atoms with van der Waals surface area (Å²) in [4.78, 5) is 2.49. The van der Waals surface area contributed by atoms with Crippen molar-refractivity contribution in [2.24, 2.45) is 0 Å². The minimum atomic E-state index is 1.01. The zero-order valence-corrected chi connectivity index (χ0v) is 11.0. The van der Waals surface area contributed by atoms with E-state index in [9.17, 15) is 0 Å². The van der Waals surface area contributed by atoms with Gasteiger partial charge in [-0.1, -0.05) is 22.0 Å². The lowest BCUT2D eigenvalue weighted by Gasteiger charge is -2.27. The smallest absolute Gasteiger partial charge is 0.0351 e. The molecule has 1 heterocycles. The number of hydrogen-bond acceptors (Lipinski definition) is 3. The van der Waals surface area contributed by atoms with Gasteiger partial charge in [0.1, 0.15) is 0 Å². The molecule has 1 aromatic rings. The predicted octanol–water partition coefficient (Wildman–Crippen LogP) is 1.77. The van der Waals surface area contributed by atoms with E-state index in [1.165, 1.54) is 18.8 Å². The molecule has 1 aliphatic heterocycles. The Bertz CT molecular complexity index is 324. The third-order valence-corrected chi connectivity index (χ3v) is 3.28. The SMILES string of the molecule is Brc1cccc(NCCN2CCNCC2)c1. The Labute approximate surface area is 105 Å². The van der Waals surface area contributed by atoms with Crippen molar-refractivity contribution in [2.45, 2.75) is 0 Å². The normalized spacial score (nSPS) is 17.3. The van der Waals surface area contributed by atoms with Crippen LogP contribution in [0.25, 0.3) is 0 Å². The van der Waals surface area contributed by atoms with Gasteiger partial charge in [0.25, 0.3) is 0 Å². The van der Waals surface area contributed by atoms with E-state index in [1.807, 2.05) is 6.07 Å². The first-order valence-corrected chi connectivity index (χ1v) is 6.56. The predicted molar refractivity (Wildman–Crippen MR) is 71.9 cm³/mol. The maximum atomic E-state index is 3.47. The number of halogens is 1. The van der Waals surface area contributed by atoms with Gasteiger partial charge in [0.15, 0.2) is 0 Å². The van der Waals surface area contributed by atoms with Crippen LogP contribution >= 0.6 is 15.9 Å². The number of rotatable bonds is 4. The van der Waals surface area contributed by atoms with Gasteiger partial charge >= 0.3 is 0 Å². The van der Waals surface area contributed by atoms with Gasteiger partial charge in [-0.3, -0.25) is 4.90 Å². The minimum Gasteiger partial charge on any atom is -0.384 e. The summed E-state index contributed by atoms with van der Waals surface area (Å²) in [6.45, 7) is 6.71. The molecule has 1 saturated heterocycles. The van der Waals surface area contributed by atoms with Gasteiger partial charge in [-0.15, -0.1) is 0 Å². The fourth-order valence-corrected chi connectivity index (χ4v) is 2.29. The summed E-state index contributed by atoms with van der Waals surface area (Å²) in [6, 6.07) is 8.30. The molecule has 2 rings (SSSR count). The molecule has 0 atom stereocenters. The van der Waals surface area contributed by atoms with E-state index in [-0.39, 0.29) is 0 Å². The maximum Gasteiger partial charge on any atom is 0.0351 e. The van der Waals surface area contributed by atoms with E-state index in [1.54, 1.807) is 0 Å². The summed E-state index contributed by atoms with van der Waals surface area (Å²) in [5.41, 5.74) is 1.18. The van der Waals surface area contributed by atoms with Crippen LogP contribution in [0.2, 0.25) is 0 Å². The van der Waals surface area contributed by atoms with Crippen molar-refractivity contribution in [3.63, 3.8) is 0 Å². The lowest BCUT2D eigenvalue weighted by molar-refractivity contribution is 0.249. The van der Waals surface area contributed by atoms with E-state index >= 15 is 0 Å². The first-order valence-electron chi connectivity index (χ1n) is 5.77. The van der Waals surface area contributed by atoms with E-state index in [4.69, 9.17) is 0 Å². The molecule has 2 N–H and O–H groups in total. The lowest BCUT2D eigenvalue weighted by Crippen LogP contribution is -2.45. The van der Waals surface area contributed by atoms with Crippen molar-refractivity contribution in [2.75, 3.05) is 44.6 Å². The highest BCUT2D eigenvalue weighted by atomic mass is 79.9. The molecular weight excluding hydrogens is 266 g/mol. The molecule has 3 nitrogen and oxygen atoms in total. The van der Waals surface area contributed by atoms with Gasteiger partial charge in [-0.25, -0.2) is 0 Å². The average molecular weight is 284 g/mol. The summed E-state index contributed by atoms with van der Waals surface area (Å²) in [5, 5.41) is 6.80. The first-order chi connectivity index (χ1) is 7.84. The van der Waals surface area contributed by atoms with Crippen LogP contribution in [-0.2, 0) is 0 Å². The van der Waals surface area contributed by atoms with E-state index < -0.39 is 0 Å². The Morgan fingerprint density at radius 3 is 2.88 bits per heavy atom. The zero-order valence-electron chi connectivity index (χ0n) is 9.38. The fourth-order valence-electron chi connectivity index (χ4n) is 1.89. The molecule has 1 aromatic carbocycles. The monoisotopic (exact) mass is 283 g/mol. The van der Waals surface area contributed by atoms with Crippen LogP contribution in [-0.4, -0.2) is 44.2 Å². The van der Waals surface area contributed by atoms with Crippen molar-refractivity contribution in [3.8, 4) is 0 Å². The third-order valence-electron chi connectivity index (χ3n) is 2.79. The van der Waals surface area contributed by atoms with Crippen LogP contribution in [0.4, 0.5) is 5.69 Å². The van der Waals surface area contributed by atoms with Gasteiger partial charge in [0.2, 0.25) is 0 Å². The topological polar surface area (TPSA) is 27.3 Å². The van der Waals surface area contributed by atoms with E-state index in [0.29, 0.717) is 0 Å². The molecule has 0 aliphatic carbocycles. The number of piperazine rings is 1. The second kappa shape index (κ2) is 6.23. The Balaban J connectivity index is 1.71. The quantitative estimate of drug-likeness (QED) is 0.882. The third kappa shape index (κ3) is 3.77. The van der Waals surface area contributed by atoms with Crippen LogP contribution in [0.15, 0.2) is 28.7 Å². The molecular formula is C12H18BrN3. The molecule has 0 spiro atoms. The highest BCUT2D eigenvalue weighted by Gasteiger charge is 2.07. The summed E-state index contributed by atoms with van der Waals surface area (Å²) >= 11 is 3.47. The van der Waals surface area contributed by atoms with Crippen LogP contribution in [0.5, 0.6) is 0 Å². The summed E-state index contributed by atoms with van der Waals surface area (Å²) in [6.07, 6.45) is 0. The Hall–Kier alpha value is -0.580. The van der Waals surface area contributed by atoms with Crippen LogP contribution < -0.4 is 10.6 Å². The summed E-state index contributed by atoms with van der Waals surface area (Å²) in [7, 11) is 0. The lowest BCUT2D eigenvalue weighted by atomic mass is 10.3. The molecule has 4 heteroatoms. The number of anilines is 1. The molecule has 0 saturated carbocycles. The largest absolute Gasteiger partial charge is 0.384 e. The number of benzene rings is 1. The fraction of sp³-hybridized carbons (Fsp3) is 0.500. The van der Waals surface area contributed by atoms with Crippen LogP contribution in [0, 0.1) is 0 Å². The molecule has 1 fully saturated rings. The second-order valence-corrected chi connectivity index (χ2v) is 4.94. The van der Waals surface area contributed by atoms with Crippen LogP contribution in [0.1, 0.15) is 0 Å². The Kier molecular flexibility index (Phi) is 4.63. The highest BCUT2D eigenvalue weighted by Crippen LogP contribution is 2.15. The van der Waals surface area contributed by atoms with Gasteiger partial charge in [-0.2, -0.15) is 0 Å². The van der Waals surface area contributed by atoms with Gasteiger partial charge in [0.05, 0.1) is 0 Å². The second-order valence-electron chi connectivity index (χ2n) is 4.03. The van der Waals surface area contributed by atoms with Gasteiger partial charge in [0, 0.05) is 49.4 Å². The molecule has 0 aromatic heterocycles. The van der Waals surface area contributed by atoms with Crippen molar-refractivity contribution in [1.82, 2.24) is 10.2 Å². The molecule has 0 bridgehead atoms. The molecule has 1 aliphatic rings. The molecule has 0 unspecified atom stereocenters. The maximum absolute atomic E-state index is 3.47. The van der Waals surface area contributed by atoms with Crippen molar-refractivity contribution >= 4 is 21.6 Å². The molecule has 16 heavy (non-hydrogen) atoms. The number of nitrogens with one attached hydrogen (secondary N) is 2. The average Bonchev–Trinajstić information content (AvgIpc) is 2.30. The molecule has 0 radical (unpaired) electrons. The summed E-state index contributed by atoms with van der Waals surface area (Å²) in [5.74, 6) is 0. The highest BCUT2D eigenvalue weighted by molar-refractivity contribution is 9.10. The van der Waals surface area contributed by atoms with Crippen molar-refractivity contribution in [1.29, 1.82) is 0 Å². The molecule has 88 valence electrons. The first kappa shape index (κ1) is 11.9. The van der Waals surface area contributed by atoms with Gasteiger partial charge < -0.3 is 10.6 Å². The Morgan fingerprint density at radius 1 is 1.31 bits per heavy atom. The number of nitrogens with zero attached hydrogens (tertiary/aromatic N) is 1. The van der Waals surface area contributed by atoms with E-state index in [2.05, 4.69) is 49.7 Å². The van der Waals surface area contributed by atoms with Crippen LogP contribution in [0.3, 0.4) is 0 Å². The Morgan fingerprint density at radius 2 is 2.12 bits per heavy atom. The zero-order chi connectivity index (χ0) is 11.2. The van der Waals surface area contributed by atoms with Crippen molar-refractivity contribution < 1.29 is 0 Å². The standard InChI is InChI=1S/C12H18BrN3/c13-11-2-1-3-12(10-11)15-6-9-16-7-4-14-5-8-16/h1-3,10,14-15H,4-9H2.